The third-order valence-corrected chi connectivity index (χ3v) is 6.05. The van der Waals surface area contributed by atoms with E-state index in [0.717, 1.165) is 27.2 Å². The van der Waals surface area contributed by atoms with Gasteiger partial charge in [-0.3, -0.25) is 9.69 Å². The number of hydrogen-bond acceptors (Lipinski definition) is 6. The minimum atomic E-state index is -0.604. The van der Waals surface area contributed by atoms with Gasteiger partial charge in [-0.15, -0.1) is 21.8 Å². The summed E-state index contributed by atoms with van der Waals surface area (Å²) in [6, 6.07) is 15.1. The number of carbonyl (C=O) groups excluding carboxylic acids is 1. The van der Waals surface area contributed by atoms with Gasteiger partial charge in [-0.1, -0.05) is 41.7 Å². The van der Waals surface area contributed by atoms with Crippen LogP contribution >= 0.6 is 22.9 Å². The molecule has 0 saturated carbocycles. The molecule has 1 amide bonds. The quantitative estimate of drug-likeness (QED) is 0.388. The van der Waals surface area contributed by atoms with Crippen LogP contribution in [-0.2, 0) is 4.79 Å². The first-order chi connectivity index (χ1) is 13.2. The second kappa shape index (κ2) is 6.14. The van der Waals surface area contributed by atoms with Crippen molar-refractivity contribution in [2.24, 2.45) is 0 Å². The van der Waals surface area contributed by atoms with Crippen LogP contribution < -0.4 is 9.64 Å². The molecular weight excluding hydrogens is 384 g/mol. The number of aromatic nitrogens is 3. The second-order valence-electron chi connectivity index (χ2n) is 6.20. The average Bonchev–Trinajstić information content (AvgIpc) is 3.08. The van der Waals surface area contributed by atoms with Crippen LogP contribution in [0.2, 0.25) is 0 Å². The standard InChI is InChI=1S/C19H13ClN4O2S/c1-26-11-7-8-13-12(9-11)15-17(21-13)27-19(23-22-15)24-16(14(20)18(24)25)10-5-3-2-4-6-10/h2-9,14,16H,1H3. The lowest BCUT2D eigenvalue weighted by molar-refractivity contribution is -0.123. The van der Waals surface area contributed by atoms with Gasteiger partial charge in [0.2, 0.25) is 11.0 Å². The number of halogens is 1. The summed E-state index contributed by atoms with van der Waals surface area (Å²) in [5.41, 5.74) is 2.49. The Kier molecular flexibility index (Phi) is 3.73. The van der Waals surface area contributed by atoms with E-state index in [9.17, 15) is 4.79 Å². The highest BCUT2D eigenvalue weighted by atomic mass is 35.5. The van der Waals surface area contributed by atoms with Crippen LogP contribution in [-0.4, -0.2) is 33.6 Å². The van der Waals surface area contributed by atoms with E-state index < -0.39 is 5.38 Å². The first-order valence-electron chi connectivity index (χ1n) is 8.30. The van der Waals surface area contributed by atoms with Gasteiger partial charge in [-0.2, -0.15) is 0 Å². The number of carbonyl (C=O) groups is 1. The summed E-state index contributed by atoms with van der Waals surface area (Å²) < 4.78 is 5.28. The third-order valence-electron chi connectivity index (χ3n) is 4.68. The first-order valence-corrected chi connectivity index (χ1v) is 9.56. The molecule has 27 heavy (non-hydrogen) atoms. The van der Waals surface area contributed by atoms with Crippen LogP contribution in [0, 0.1) is 0 Å². The van der Waals surface area contributed by atoms with Crippen molar-refractivity contribution in [3.8, 4) is 16.5 Å². The molecule has 134 valence electrons. The van der Waals surface area contributed by atoms with E-state index in [1.165, 1.54) is 11.3 Å². The van der Waals surface area contributed by atoms with E-state index in [1.807, 2.05) is 48.5 Å². The minimum absolute atomic E-state index is 0.173. The van der Waals surface area contributed by atoms with Crippen molar-refractivity contribution >= 4 is 44.9 Å². The SMILES string of the molecule is COc1ccc2nc3sc(N4C(=O)C(Cl)C4c4ccccc4)nnc-3c2c1. The Morgan fingerprint density at radius 3 is 2.74 bits per heavy atom. The summed E-state index contributed by atoms with van der Waals surface area (Å²) in [7, 11) is 1.62. The molecule has 8 heteroatoms. The van der Waals surface area contributed by atoms with Crippen LogP contribution in [0.5, 0.6) is 5.75 Å². The van der Waals surface area contributed by atoms with Gasteiger partial charge in [0.1, 0.15) is 21.8 Å². The van der Waals surface area contributed by atoms with Crippen molar-refractivity contribution < 1.29 is 9.53 Å². The van der Waals surface area contributed by atoms with Crippen LogP contribution in [0.3, 0.4) is 0 Å². The number of β-lactam (4-membered cyclic amide) rings is 1. The van der Waals surface area contributed by atoms with Crippen molar-refractivity contribution in [1.29, 1.82) is 0 Å². The Morgan fingerprint density at radius 2 is 1.96 bits per heavy atom. The van der Waals surface area contributed by atoms with Crippen molar-refractivity contribution in [1.82, 2.24) is 15.2 Å². The van der Waals surface area contributed by atoms with E-state index in [0.29, 0.717) is 10.8 Å². The van der Waals surface area contributed by atoms with E-state index >= 15 is 0 Å². The molecule has 1 saturated heterocycles. The molecule has 2 aromatic rings. The predicted octanol–water partition coefficient (Wildman–Crippen LogP) is 3.90. The molecule has 0 radical (unpaired) electrons. The molecule has 0 spiro atoms. The third kappa shape index (κ3) is 2.46. The molecule has 2 unspecified atom stereocenters. The van der Waals surface area contributed by atoms with Crippen LogP contribution in [0.25, 0.3) is 21.6 Å². The number of hydrogen-bond donors (Lipinski definition) is 0. The number of fused-ring (bicyclic) bond motifs is 3. The fraction of sp³-hybridized carbons (Fsp3) is 0.158. The maximum absolute atomic E-state index is 12.4. The van der Waals surface area contributed by atoms with Gasteiger partial charge in [-0.25, -0.2) is 4.98 Å². The van der Waals surface area contributed by atoms with Crippen molar-refractivity contribution in [2.45, 2.75) is 11.4 Å². The summed E-state index contributed by atoms with van der Waals surface area (Å²) in [5, 5.41) is 10.1. The van der Waals surface area contributed by atoms with Gasteiger partial charge in [0.05, 0.1) is 18.7 Å². The zero-order valence-corrected chi connectivity index (χ0v) is 15.7. The Morgan fingerprint density at radius 1 is 1.15 bits per heavy atom. The normalized spacial score (nSPS) is 19.5. The summed E-state index contributed by atoms with van der Waals surface area (Å²) in [4.78, 5) is 18.7. The van der Waals surface area contributed by atoms with Crippen molar-refractivity contribution in [3.63, 3.8) is 0 Å². The zero-order chi connectivity index (χ0) is 18.5. The molecule has 6 nitrogen and oxygen atoms in total. The molecular formula is C19H13ClN4O2S. The topological polar surface area (TPSA) is 68.2 Å². The van der Waals surface area contributed by atoms with E-state index in [-0.39, 0.29) is 11.9 Å². The smallest absolute Gasteiger partial charge is 0.250 e. The van der Waals surface area contributed by atoms with E-state index in [4.69, 9.17) is 16.3 Å². The van der Waals surface area contributed by atoms with Crippen LogP contribution in [0.1, 0.15) is 11.6 Å². The molecule has 3 heterocycles. The summed E-state index contributed by atoms with van der Waals surface area (Å²) in [6.45, 7) is 0. The number of rotatable bonds is 3. The molecule has 2 atom stereocenters. The minimum Gasteiger partial charge on any atom is -0.497 e. The maximum Gasteiger partial charge on any atom is 0.250 e. The number of benzene rings is 2. The van der Waals surface area contributed by atoms with Gasteiger partial charge < -0.3 is 4.74 Å². The fourth-order valence-corrected chi connectivity index (χ4v) is 4.62. The first kappa shape index (κ1) is 16.4. The Hall–Kier alpha value is -2.77. The van der Waals surface area contributed by atoms with E-state index in [2.05, 4.69) is 15.2 Å². The fourth-order valence-electron chi connectivity index (χ4n) is 3.31. The molecule has 1 fully saturated rings. The molecule has 3 aliphatic rings. The van der Waals surface area contributed by atoms with Gasteiger partial charge in [0, 0.05) is 5.39 Å². The summed E-state index contributed by atoms with van der Waals surface area (Å²) in [5.74, 6) is 0.563. The molecule has 0 aliphatic carbocycles. The van der Waals surface area contributed by atoms with Gasteiger partial charge >= 0.3 is 0 Å². The van der Waals surface area contributed by atoms with Gasteiger partial charge in [0.15, 0.2) is 0 Å². The lowest BCUT2D eigenvalue weighted by Crippen LogP contribution is -2.56. The Labute approximate surface area is 163 Å². The molecule has 0 aromatic heterocycles. The zero-order valence-electron chi connectivity index (χ0n) is 14.2. The lowest BCUT2D eigenvalue weighted by Gasteiger charge is -2.42. The average molecular weight is 397 g/mol. The highest BCUT2D eigenvalue weighted by molar-refractivity contribution is 7.18. The predicted molar refractivity (Wildman–Crippen MR) is 105 cm³/mol. The highest BCUT2D eigenvalue weighted by Crippen LogP contribution is 2.45. The van der Waals surface area contributed by atoms with E-state index in [1.54, 1.807) is 12.0 Å². The van der Waals surface area contributed by atoms with Crippen LogP contribution in [0.4, 0.5) is 5.13 Å². The maximum atomic E-state index is 12.4. The lowest BCUT2D eigenvalue weighted by atomic mass is 9.94. The number of alkyl halides is 1. The second-order valence-corrected chi connectivity index (χ2v) is 7.62. The number of nitrogens with zero attached hydrogens (tertiary/aromatic N) is 4. The Balaban J connectivity index is 1.59. The Bertz CT molecular complexity index is 1130. The number of amides is 1. The van der Waals surface area contributed by atoms with Crippen LogP contribution in [0.15, 0.2) is 48.5 Å². The summed E-state index contributed by atoms with van der Waals surface area (Å²) >= 11 is 7.63. The number of methoxy groups -OCH3 is 1. The van der Waals surface area contributed by atoms with Crippen molar-refractivity contribution in [2.75, 3.05) is 12.0 Å². The number of ether oxygens (including phenoxy) is 1. The molecule has 5 rings (SSSR count). The van der Waals surface area contributed by atoms with Crippen molar-refractivity contribution in [3.05, 3.63) is 54.1 Å². The van der Waals surface area contributed by atoms with Gasteiger partial charge in [0.25, 0.3) is 0 Å². The molecule has 0 bridgehead atoms. The molecule has 3 aliphatic heterocycles. The monoisotopic (exact) mass is 396 g/mol. The van der Waals surface area contributed by atoms with Gasteiger partial charge in [-0.05, 0) is 23.8 Å². The summed E-state index contributed by atoms with van der Waals surface area (Å²) in [6.07, 6.45) is 0. The number of anilines is 1. The largest absolute Gasteiger partial charge is 0.497 e. The molecule has 2 aromatic carbocycles. The highest BCUT2D eigenvalue weighted by Gasteiger charge is 2.49. The molecule has 0 N–H and O–H groups in total.